The molecule has 1 saturated carbocycles. The van der Waals surface area contributed by atoms with Gasteiger partial charge in [0, 0.05) is 5.56 Å². The van der Waals surface area contributed by atoms with Crippen LogP contribution in [0.2, 0.25) is 0 Å². The minimum absolute atomic E-state index is 0.0167. The molecule has 0 aromatic heterocycles. The lowest BCUT2D eigenvalue weighted by atomic mass is 9.47. The Morgan fingerprint density at radius 3 is 2.48 bits per heavy atom. The standard InChI is InChI=1S/C29H33NO14/c1-12(24(35)30-15(25(36)37)11-18(31)32)42-26(38)20(33)21(34)27(39)43-17-7-9-29(40)14-4-3-8-28(29)19-13(10-14)5-6-16(41-2)22(19)44-23(17)28/h5-7,12,14-15,20-21,23,33-34,40H,3-4,8-11H2,1-2H3,(H,30,35)(H,31,32)(H,36,37)/t12-,14-,15-,20+,21+,23+,28+,29-/m0/s1. The van der Waals surface area contributed by atoms with Gasteiger partial charge in [0.05, 0.1) is 24.5 Å². The van der Waals surface area contributed by atoms with Gasteiger partial charge >= 0.3 is 23.9 Å². The van der Waals surface area contributed by atoms with Crippen LogP contribution in [0.15, 0.2) is 24.0 Å². The summed E-state index contributed by atoms with van der Waals surface area (Å²) >= 11 is 0. The lowest BCUT2D eigenvalue weighted by Gasteiger charge is -2.59. The Morgan fingerprint density at radius 1 is 1.11 bits per heavy atom. The number of aliphatic hydroxyl groups excluding tert-OH is 2. The summed E-state index contributed by atoms with van der Waals surface area (Å²) in [4.78, 5) is 59.7. The molecule has 1 heterocycles. The molecule has 0 saturated heterocycles. The van der Waals surface area contributed by atoms with Gasteiger partial charge in [-0.05, 0) is 56.2 Å². The maximum Gasteiger partial charge on any atom is 0.343 e. The molecule has 1 aromatic rings. The Balaban J connectivity index is 1.29. The van der Waals surface area contributed by atoms with E-state index in [-0.39, 0.29) is 18.1 Å². The average Bonchev–Trinajstić information content (AvgIpc) is 3.32. The lowest BCUT2D eigenvalue weighted by molar-refractivity contribution is -0.179. The number of amides is 1. The van der Waals surface area contributed by atoms with E-state index in [1.807, 2.05) is 11.4 Å². The van der Waals surface area contributed by atoms with E-state index < -0.39 is 77.7 Å². The summed E-state index contributed by atoms with van der Waals surface area (Å²) in [7, 11) is 1.48. The second kappa shape index (κ2) is 11.4. The van der Waals surface area contributed by atoms with Gasteiger partial charge in [0.2, 0.25) is 0 Å². The van der Waals surface area contributed by atoms with Gasteiger partial charge in [-0.15, -0.1) is 0 Å². The first-order valence-corrected chi connectivity index (χ1v) is 14.1. The largest absolute Gasteiger partial charge is 0.493 e. The highest BCUT2D eigenvalue weighted by atomic mass is 16.6. The van der Waals surface area contributed by atoms with E-state index in [0.29, 0.717) is 24.3 Å². The zero-order valence-corrected chi connectivity index (χ0v) is 23.8. The molecule has 15 nitrogen and oxygen atoms in total. The van der Waals surface area contributed by atoms with E-state index in [0.717, 1.165) is 30.9 Å². The number of carbonyl (C=O) groups excluding carboxylic acids is 3. The normalized spacial score (nSPS) is 28.5. The minimum Gasteiger partial charge on any atom is -0.493 e. The fraction of sp³-hybridized carbons (Fsp3) is 0.552. The van der Waals surface area contributed by atoms with E-state index in [1.165, 1.54) is 13.2 Å². The Kier molecular flexibility index (Phi) is 8.07. The molecule has 4 aliphatic rings. The molecule has 3 aliphatic carbocycles. The van der Waals surface area contributed by atoms with Crippen molar-refractivity contribution >= 4 is 29.8 Å². The number of benzene rings is 1. The molecule has 6 N–H and O–H groups in total. The highest BCUT2D eigenvalue weighted by Crippen LogP contribution is 2.67. The Morgan fingerprint density at radius 2 is 1.82 bits per heavy atom. The van der Waals surface area contributed by atoms with Crippen LogP contribution in [0.1, 0.15) is 50.2 Å². The van der Waals surface area contributed by atoms with Gasteiger partial charge in [-0.1, -0.05) is 12.5 Å². The van der Waals surface area contributed by atoms with E-state index >= 15 is 0 Å². The van der Waals surface area contributed by atoms with E-state index in [4.69, 9.17) is 29.2 Å². The molecule has 44 heavy (non-hydrogen) atoms. The molecular weight excluding hydrogens is 586 g/mol. The van der Waals surface area contributed by atoms with E-state index in [2.05, 4.69) is 0 Å². The number of esters is 2. The van der Waals surface area contributed by atoms with Gasteiger partial charge in [-0.3, -0.25) is 9.59 Å². The van der Waals surface area contributed by atoms with Crippen LogP contribution in [0.4, 0.5) is 0 Å². The van der Waals surface area contributed by atoms with Crippen molar-refractivity contribution in [1.29, 1.82) is 0 Å². The van der Waals surface area contributed by atoms with Crippen LogP contribution >= 0.6 is 0 Å². The number of aliphatic hydroxyl groups is 3. The molecule has 1 aromatic carbocycles. The predicted molar refractivity (Wildman–Crippen MR) is 143 cm³/mol. The number of ether oxygens (including phenoxy) is 4. The van der Waals surface area contributed by atoms with Crippen molar-refractivity contribution in [1.82, 2.24) is 5.32 Å². The molecule has 2 bridgehead atoms. The number of hydrogen-bond acceptors (Lipinski definition) is 12. The molecule has 0 radical (unpaired) electrons. The summed E-state index contributed by atoms with van der Waals surface area (Å²) in [6, 6.07) is 1.89. The van der Waals surface area contributed by atoms with Crippen LogP contribution in [0.5, 0.6) is 11.5 Å². The topological polar surface area (TPSA) is 235 Å². The van der Waals surface area contributed by atoms with Crippen molar-refractivity contribution in [3.05, 3.63) is 35.1 Å². The second-order valence-electron chi connectivity index (χ2n) is 11.5. The van der Waals surface area contributed by atoms with E-state index in [9.17, 15) is 39.3 Å². The SMILES string of the molecule is COc1ccc2c3c1O[C@@H]1C(OC(=O)[C@H](O)[C@@H](O)C(=O)O[C@@H](C)C(=O)N[C@@H](CC(=O)O)C(=O)O)=CC[C@]4(O)[C@@H](CCC[C@@]314)C2. The van der Waals surface area contributed by atoms with Crippen molar-refractivity contribution in [3.8, 4) is 11.5 Å². The number of rotatable bonds is 11. The van der Waals surface area contributed by atoms with Gasteiger partial charge < -0.3 is 49.8 Å². The smallest absolute Gasteiger partial charge is 0.343 e. The van der Waals surface area contributed by atoms with Crippen LogP contribution in [0, 0.1) is 5.92 Å². The molecular formula is C29H33NO14. The lowest BCUT2D eigenvalue weighted by Crippen LogP contribution is -2.67. The molecule has 15 heteroatoms. The van der Waals surface area contributed by atoms with Crippen LogP contribution in [0.25, 0.3) is 0 Å². The van der Waals surface area contributed by atoms with Crippen LogP contribution in [-0.4, -0.2) is 98.5 Å². The minimum atomic E-state index is -2.51. The monoisotopic (exact) mass is 619 g/mol. The Hall–Kier alpha value is -4.21. The summed E-state index contributed by atoms with van der Waals surface area (Å²) in [5.41, 5.74) is -0.359. The van der Waals surface area contributed by atoms with Gasteiger partial charge in [0.25, 0.3) is 5.91 Å². The third kappa shape index (κ3) is 4.84. The van der Waals surface area contributed by atoms with Crippen molar-refractivity contribution < 1.29 is 68.5 Å². The molecule has 1 amide bonds. The highest BCUT2D eigenvalue weighted by molar-refractivity contribution is 5.91. The third-order valence-corrected chi connectivity index (χ3v) is 9.12. The number of aliphatic carboxylic acids is 2. The molecule has 0 unspecified atom stereocenters. The molecule has 1 fully saturated rings. The van der Waals surface area contributed by atoms with Crippen molar-refractivity contribution in [2.45, 2.75) is 86.9 Å². The fourth-order valence-electron chi connectivity index (χ4n) is 7.08. The van der Waals surface area contributed by atoms with Gasteiger partial charge in [-0.2, -0.15) is 0 Å². The predicted octanol–water partition coefficient (Wildman–Crippen LogP) is -0.690. The first-order valence-electron chi connectivity index (χ1n) is 14.1. The molecule has 5 rings (SSSR count). The Bertz CT molecular complexity index is 1440. The number of carbonyl (C=O) groups is 5. The average molecular weight is 620 g/mol. The van der Waals surface area contributed by atoms with Crippen LogP contribution in [-0.2, 0) is 45.3 Å². The number of hydrogen-bond donors (Lipinski definition) is 6. The molecule has 238 valence electrons. The zero-order chi connectivity index (χ0) is 32.1. The quantitative estimate of drug-likeness (QED) is 0.168. The highest BCUT2D eigenvalue weighted by Gasteiger charge is 2.71. The first kappa shape index (κ1) is 31.2. The van der Waals surface area contributed by atoms with Crippen LogP contribution < -0.4 is 14.8 Å². The van der Waals surface area contributed by atoms with E-state index in [1.54, 1.807) is 6.07 Å². The molecule has 1 spiro atoms. The Labute approximate surface area is 250 Å². The number of carboxylic acid groups (broad SMARTS) is 2. The van der Waals surface area contributed by atoms with Crippen molar-refractivity contribution in [3.63, 3.8) is 0 Å². The summed E-state index contributed by atoms with van der Waals surface area (Å²) in [6.45, 7) is 1.01. The summed E-state index contributed by atoms with van der Waals surface area (Å²) in [5.74, 6) is -6.59. The number of carboxylic acids is 2. The van der Waals surface area contributed by atoms with Gasteiger partial charge in [-0.25, -0.2) is 14.4 Å². The summed E-state index contributed by atoms with van der Waals surface area (Å²) in [6.07, 6.45) is -4.23. The first-order chi connectivity index (χ1) is 20.7. The maximum absolute atomic E-state index is 13.0. The molecule has 1 aliphatic heterocycles. The van der Waals surface area contributed by atoms with Gasteiger partial charge in [0.15, 0.2) is 35.9 Å². The van der Waals surface area contributed by atoms with Crippen molar-refractivity contribution in [2.24, 2.45) is 5.92 Å². The maximum atomic E-state index is 13.0. The van der Waals surface area contributed by atoms with Crippen LogP contribution in [0.3, 0.4) is 0 Å². The van der Waals surface area contributed by atoms with Gasteiger partial charge in [0.1, 0.15) is 11.8 Å². The third-order valence-electron chi connectivity index (χ3n) is 9.12. The molecule has 8 atom stereocenters. The summed E-state index contributed by atoms with van der Waals surface area (Å²) in [5, 5.41) is 52.7. The van der Waals surface area contributed by atoms with Crippen molar-refractivity contribution in [2.75, 3.05) is 7.11 Å². The second-order valence-corrected chi connectivity index (χ2v) is 11.5. The summed E-state index contributed by atoms with van der Waals surface area (Å²) < 4.78 is 22.1. The number of nitrogens with one attached hydrogen (secondary N) is 1. The number of methoxy groups -OCH3 is 1. The zero-order valence-electron chi connectivity index (χ0n) is 23.8. The fourth-order valence-corrected chi connectivity index (χ4v) is 7.08.